The van der Waals surface area contributed by atoms with Gasteiger partial charge in [0.1, 0.15) is 6.04 Å². The summed E-state index contributed by atoms with van der Waals surface area (Å²) in [6.45, 7) is 4.79. The Hall–Kier alpha value is -2.19. The van der Waals surface area contributed by atoms with Gasteiger partial charge in [-0.2, -0.15) is 4.72 Å². The molecule has 1 aliphatic rings. The maximum Gasteiger partial charge on any atom is 0.321 e. The second kappa shape index (κ2) is 5.30. The molecule has 0 radical (unpaired) electrons. The molecule has 1 atom stereocenters. The van der Waals surface area contributed by atoms with Gasteiger partial charge in [0.2, 0.25) is 10.0 Å². The Morgan fingerprint density at radius 2 is 2.14 bits per heavy atom. The number of aliphatic carboxylic acids is 1. The van der Waals surface area contributed by atoms with Crippen LogP contribution in [0.1, 0.15) is 12.5 Å². The zero-order valence-corrected chi connectivity index (χ0v) is 12.0. The number of carbonyl (C=O) groups excluding carboxylic acids is 1. The largest absolute Gasteiger partial charge is 0.480 e. The average Bonchev–Trinajstić information content (AvgIpc) is 2.38. The van der Waals surface area contributed by atoms with Gasteiger partial charge in [0.15, 0.2) is 5.78 Å². The molecule has 2 rings (SSSR count). The first-order chi connectivity index (χ1) is 9.70. The molecule has 1 aromatic carbocycles. The SMILES string of the molecule is C=C1Nc2cc(S(=O)(=O)NC(C)C(=O)O)ccc2CC1=O. The molecule has 0 aliphatic carbocycles. The minimum atomic E-state index is -3.95. The third-order valence-electron chi connectivity index (χ3n) is 3.07. The molecule has 112 valence electrons. The van der Waals surface area contributed by atoms with Crippen LogP contribution in [0.3, 0.4) is 0 Å². The number of sulfonamides is 1. The Balaban J connectivity index is 2.34. The maximum atomic E-state index is 12.1. The number of hydrogen-bond acceptors (Lipinski definition) is 5. The van der Waals surface area contributed by atoms with E-state index >= 15 is 0 Å². The van der Waals surface area contributed by atoms with Gasteiger partial charge in [0.05, 0.1) is 10.6 Å². The van der Waals surface area contributed by atoms with Crippen LogP contribution in [0.25, 0.3) is 0 Å². The first kappa shape index (κ1) is 15.2. The van der Waals surface area contributed by atoms with Crippen LogP contribution in [0.2, 0.25) is 0 Å². The highest BCUT2D eigenvalue weighted by molar-refractivity contribution is 7.89. The summed E-state index contributed by atoms with van der Waals surface area (Å²) in [5.41, 5.74) is 1.34. The van der Waals surface area contributed by atoms with Gasteiger partial charge in [0, 0.05) is 12.1 Å². The number of hydrogen-bond donors (Lipinski definition) is 3. The molecule has 8 heteroatoms. The number of anilines is 1. The summed E-state index contributed by atoms with van der Waals surface area (Å²) in [5.74, 6) is -1.43. The van der Waals surface area contributed by atoms with Crippen LogP contribution in [0.5, 0.6) is 0 Å². The Labute approximate surface area is 121 Å². The molecule has 0 amide bonds. The third kappa shape index (κ3) is 3.11. The molecule has 0 saturated carbocycles. The van der Waals surface area contributed by atoms with E-state index in [9.17, 15) is 18.0 Å². The topological polar surface area (TPSA) is 113 Å². The van der Waals surface area contributed by atoms with Crippen LogP contribution >= 0.6 is 0 Å². The predicted molar refractivity (Wildman–Crippen MR) is 75.3 cm³/mol. The highest BCUT2D eigenvalue weighted by atomic mass is 32.2. The van der Waals surface area contributed by atoms with E-state index in [1.807, 2.05) is 0 Å². The minimum Gasteiger partial charge on any atom is -0.480 e. The van der Waals surface area contributed by atoms with Crippen molar-refractivity contribution >= 4 is 27.5 Å². The summed E-state index contributed by atoms with van der Waals surface area (Å²) in [6, 6.07) is 2.96. The van der Waals surface area contributed by atoms with Gasteiger partial charge in [-0.15, -0.1) is 0 Å². The Bertz CT molecular complexity index is 739. The van der Waals surface area contributed by atoms with Crippen molar-refractivity contribution in [2.45, 2.75) is 24.3 Å². The highest BCUT2D eigenvalue weighted by Crippen LogP contribution is 2.27. The molecule has 1 heterocycles. The summed E-state index contributed by atoms with van der Waals surface area (Å²) in [7, 11) is -3.95. The summed E-state index contributed by atoms with van der Waals surface area (Å²) < 4.78 is 26.2. The quantitative estimate of drug-likeness (QED) is 0.698. The molecule has 3 N–H and O–H groups in total. The van der Waals surface area contributed by atoms with Crippen LogP contribution in [-0.2, 0) is 26.0 Å². The molecule has 1 unspecified atom stereocenters. The van der Waals surface area contributed by atoms with Crippen LogP contribution in [0.4, 0.5) is 5.69 Å². The van der Waals surface area contributed by atoms with Crippen molar-refractivity contribution in [3.63, 3.8) is 0 Å². The number of Topliss-reactive ketones (excluding diaryl/α,β-unsaturated/α-hetero) is 1. The first-order valence-corrected chi connectivity index (χ1v) is 7.56. The molecule has 21 heavy (non-hydrogen) atoms. The smallest absolute Gasteiger partial charge is 0.321 e. The molecule has 7 nitrogen and oxygen atoms in total. The number of carboxylic acids is 1. The number of ketones is 1. The lowest BCUT2D eigenvalue weighted by Crippen LogP contribution is -2.38. The van der Waals surface area contributed by atoms with Gasteiger partial charge in [0.25, 0.3) is 0 Å². The van der Waals surface area contributed by atoms with Gasteiger partial charge < -0.3 is 10.4 Å². The van der Waals surface area contributed by atoms with E-state index in [1.165, 1.54) is 25.1 Å². The van der Waals surface area contributed by atoms with Gasteiger partial charge in [-0.1, -0.05) is 12.6 Å². The van der Waals surface area contributed by atoms with Gasteiger partial charge in [-0.3, -0.25) is 9.59 Å². The van der Waals surface area contributed by atoms with Crippen molar-refractivity contribution in [1.82, 2.24) is 4.72 Å². The molecule has 0 saturated heterocycles. The number of allylic oxidation sites excluding steroid dienone is 1. The molecule has 1 aromatic rings. The Morgan fingerprint density at radius 1 is 1.48 bits per heavy atom. The number of carboxylic acid groups (broad SMARTS) is 1. The number of carbonyl (C=O) groups is 2. The fourth-order valence-corrected chi connectivity index (χ4v) is 3.08. The van der Waals surface area contributed by atoms with Crippen molar-refractivity contribution in [1.29, 1.82) is 0 Å². The second-order valence-corrected chi connectivity index (χ2v) is 6.42. The standard InChI is InChI=1S/C13H14N2O5S/c1-7-12(16)5-9-3-4-10(6-11(9)14-7)21(19,20)15-8(2)13(17)18/h3-4,6,8,14-15H,1,5H2,2H3,(H,17,18). The first-order valence-electron chi connectivity index (χ1n) is 6.08. The van der Waals surface area contributed by atoms with E-state index in [-0.39, 0.29) is 22.8 Å². The monoisotopic (exact) mass is 310 g/mol. The average molecular weight is 310 g/mol. The molecule has 0 fully saturated rings. The fraction of sp³-hybridized carbons (Fsp3) is 0.231. The van der Waals surface area contributed by atoms with Crippen molar-refractivity contribution < 1.29 is 23.1 Å². The lowest BCUT2D eigenvalue weighted by molar-refractivity contribution is -0.138. The third-order valence-corrected chi connectivity index (χ3v) is 4.61. The van der Waals surface area contributed by atoms with E-state index in [0.29, 0.717) is 11.3 Å². The molecule has 0 bridgehead atoms. The van der Waals surface area contributed by atoms with Crippen LogP contribution in [0.15, 0.2) is 35.4 Å². The van der Waals surface area contributed by atoms with Crippen molar-refractivity contribution in [2.24, 2.45) is 0 Å². The zero-order chi connectivity index (χ0) is 15.8. The van der Waals surface area contributed by atoms with E-state index in [2.05, 4.69) is 16.6 Å². The van der Waals surface area contributed by atoms with Gasteiger partial charge >= 0.3 is 5.97 Å². The van der Waals surface area contributed by atoms with E-state index in [4.69, 9.17) is 5.11 Å². The zero-order valence-electron chi connectivity index (χ0n) is 11.2. The van der Waals surface area contributed by atoms with E-state index in [1.54, 1.807) is 0 Å². The van der Waals surface area contributed by atoms with Crippen molar-refractivity contribution in [3.8, 4) is 0 Å². The van der Waals surface area contributed by atoms with E-state index < -0.39 is 22.0 Å². The number of rotatable bonds is 4. The summed E-state index contributed by atoms with van der Waals surface area (Å²) in [5, 5.41) is 11.5. The molecule has 1 aliphatic heterocycles. The fourth-order valence-electron chi connectivity index (χ4n) is 1.86. The van der Waals surface area contributed by atoms with Crippen LogP contribution < -0.4 is 10.0 Å². The number of nitrogens with one attached hydrogen (secondary N) is 2. The van der Waals surface area contributed by atoms with Crippen molar-refractivity contribution in [2.75, 3.05) is 5.32 Å². The van der Waals surface area contributed by atoms with Crippen LogP contribution in [-0.4, -0.2) is 31.3 Å². The number of fused-ring (bicyclic) bond motifs is 1. The summed E-state index contributed by atoms with van der Waals surface area (Å²) in [4.78, 5) is 22.2. The van der Waals surface area contributed by atoms with E-state index in [0.717, 1.165) is 0 Å². The maximum absolute atomic E-state index is 12.1. The second-order valence-electron chi connectivity index (χ2n) is 4.70. The molecule has 0 aromatic heterocycles. The Kier molecular flexibility index (Phi) is 3.84. The highest BCUT2D eigenvalue weighted by Gasteiger charge is 2.24. The lowest BCUT2D eigenvalue weighted by atomic mass is 10.0. The lowest BCUT2D eigenvalue weighted by Gasteiger charge is -2.20. The predicted octanol–water partition coefficient (Wildman–Crippen LogP) is 0.489. The Morgan fingerprint density at radius 3 is 2.76 bits per heavy atom. The summed E-state index contributed by atoms with van der Waals surface area (Å²) >= 11 is 0. The van der Waals surface area contributed by atoms with Crippen LogP contribution in [0, 0.1) is 0 Å². The van der Waals surface area contributed by atoms with Gasteiger partial charge in [-0.25, -0.2) is 8.42 Å². The molecule has 0 spiro atoms. The molecular formula is C13H14N2O5S. The summed E-state index contributed by atoms with van der Waals surface area (Å²) in [6.07, 6.45) is 0.153. The molecular weight excluding hydrogens is 296 g/mol. The number of benzene rings is 1. The minimum absolute atomic E-state index is 0.0796. The van der Waals surface area contributed by atoms with Crippen molar-refractivity contribution in [3.05, 3.63) is 36.0 Å². The van der Waals surface area contributed by atoms with Gasteiger partial charge in [-0.05, 0) is 24.6 Å². The normalized spacial score (nSPS) is 16.0.